The van der Waals surface area contributed by atoms with Crippen molar-refractivity contribution in [1.82, 2.24) is 9.55 Å². The van der Waals surface area contributed by atoms with Gasteiger partial charge in [-0.15, -0.1) is 0 Å². The van der Waals surface area contributed by atoms with Crippen molar-refractivity contribution < 1.29 is 22.3 Å². The molecule has 24 heavy (non-hydrogen) atoms. The predicted octanol–water partition coefficient (Wildman–Crippen LogP) is 1.66. The minimum Gasteiger partial charge on any atom is -0.435 e. The smallest absolute Gasteiger partial charge is 0.415 e. The van der Waals surface area contributed by atoms with E-state index in [2.05, 4.69) is 4.98 Å². The second kappa shape index (κ2) is 5.56. The Labute approximate surface area is 138 Å². The fourth-order valence-electron chi connectivity index (χ4n) is 2.33. The molecule has 2 heterocycles. The zero-order valence-electron chi connectivity index (χ0n) is 13.0. The van der Waals surface area contributed by atoms with Gasteiger partial charge in [0.2, 0.25) is 0 Å². The monoisotopic (exact) mass is 353 g/mol. The summed E-state index contributed by atoms with van der Waals surface area (Å²) in [5, 5.41) is 10.7. The first kappa shape index (κ1) is 16.4. The molecule has 3 rings (SSSR count). The fraction of sp³-hybridized carbons (Fsp3) is 0.357. The number of benzene rings is 1. The lowest BCUT2D eigenvalue weighted by atomic mass is 10.1. The van der Waals surface area contributed by atoms with Crippen molar-refractivity contribution in [2.45, 2.75) is 30.9 Å². The Morgan fingerprint density at radius 3 is 2.67 bits per heavy atom. The molecule has 0 saturated carbocycles. The van der Waals surface area contributed by atoms with Crippen LogP contribution >= 0.6 is 0 Å². The molecule has 2 aromatic rings. The molecule has 0 radical (unpaired) electrons. The lowest BCUT2D eigenvalue weighted by molar-refractivity contribution is -0.389. The molecular formula is C14H15N3O6S. The van der Waals surface area contributed by atoms with E-state index in [-0.39, 0.29) is 29.9 Å². The molecule has 1 unspecified atom stereocenters. The first-order valence-corrected chi connectivity index (χ1v) is 8.46. The Kier molecular flexibility index (Phi) is 3.80. The van der Waals surface area contributed by atoms with Crippen molar-refractivity contribution in [2.75, 3.05) is 6.61 Å². The summed E-state index contributed by atoms with van der Waals surface area (Å²) >= 11 is 0. The third kappa shape index (κ3) is 3.10. The molecule has 1 aliphatic heterocycles. The second-order valence-electron chi connectivity index (χ2n) is 5.85. The third-order valence-electron chi connectivity index (χ3n) is 3.59. The van der Waals surface area contributed by atoms with E-state index >= 15 is 0 Å². The fourth-order valence-corrected chi connectivity index (χ4v) is 3.34. The van der Waals surface area contributed by atoms with Crippen LogP contribution < -0.4 is 4.74 Å². The van der Waals surface area contributed by atoms with Crippen molar-refractivity contribution in [3.63, 3.8) is 0 Å². The maximum Gasteiger partial charge on any atom is 0.415 e. The maximum atomic E-state index is 12.2. The number of imidazole rings is 1. The van der Waals surface area contributed by atoms with E-state index in [1.54, 1.807) is 19.1 Å². The average molecular weight is 353 g/mol. The zero-order valence-corrected chi connectivity index (χ0v) is 13.8. The highest BCUT2D eigenvalue weighted by Gasteiger charge is 2.41. The zero-order chi connectivity index (χ0) is 17.5. The van der Waals surface area contributed by atoms with Crippen molar-refractivity contribution in [3.05, 3.63) is 46.1 Å². The van der Waals surface area contributed by atoms with E-state index in [1.807, 2.05) is 6.92 Å². The summed E-state index contributed by atoms with van der Waals surface area (Å²) in [7, 11) is -3.91. The van der Waals surface area contributed by atoms with Gasteiger partial charge in [-0.25, -0.2) is 0 Å². The van der Waals surface area contributed by atoms with E-state index in [9.17, 15) is 18.5 Å². The van der Waals surface area contributed by atoms with Gasteiger partial charge in [-0.3, -0.25) is 8.75 Å². The number of nitrogens with zero attached hydrogens (tertiary/aromatic N) is 3. The molecular weight excluding hydrogens is 338 g/mol. The van der Waals surface area contributed by atoms with Gasteiger partial charge in [0, 0.05) is 4.98 Å². The van der Waals surface area contributed by atoms with Crippen LogP contribution in [0.15, 0.2) is 35.4 Å². The Balaban J connectivity index is 1.69. The van der Waals surface area contributed by atoms with Crippen LogP contribution in [-0.4, -0.2) is 35.1 Å². The number of rotatable bonds is 5. The molecule has 0 aliphatic carbocycles. The quantitative estimate of drug-likeness (QED) is 0.456. The van der Waals surface area contributed by atoms with Crippen molar-refractivity contribution in [1.29, 1.82) is 0 Å². The molecule has 0 saturated heterocycles. The summed E-state index contributed by atoms with van der Waals surface area (Å²) in [5.74, 6) is -0.319. The highest BCUT2D eigenvalue weighted by Crippen LogP contribution is 2.31. The van der Waals surface area contributed by atoms with Gasteiger partial charge in [0.25, 0.3) is 10.1 Å². The van der Waals surface area contributed by atoms with Crippen LogP contribution in [0.3, 0.4) is 0 Å². The van der Waals surface area contributed by atoms with Gasteiger partial charge < -0.3 is 14.9 Å². The SMILES string of the molecule is Cc1ccc(S(=O)(=O)OCC2(C)Cn3cc([N+](=O)[O-])nc3O2)cc1. The maximum absolute atomic E-state index is 12.2. The Morgan fingerprint density at radius 2 is 2.08 bits per heavy atom. The lowest BCUT2D eigenvalue weighted by Crippen LogP contribution is -2.38. The molecule has 0 amide bonds. The van der Waals surface area contributed by atoms with E-state index in [0.29, 0.717) is 0 Å². The molecule has 0 fully saturated rings. The highest BCUT2D eigenvalue weighted by atomic mass is 32.2. The van der Waals surface area contributed by atoms with Crippen molar-refractivity contribution >= 4 is 15.9 Å². The largest absolute Gasteiger partial charge is 0.435 e. The highest BCUT2D eigenvalue weighted by molar-refractivity contribution is 7.86. The van der Waals surface area contributed by atoms with E-state index in [1.165, 1.54) is 22.9 Å². The first-order chi connectivity index (χ1) is 11.2. The number of hydrogen-bond acceptors (Lipinski definition) is 7. The van der Waals surface area contributed by atoms with Crippen molar-refractivity contribution in [3.8, 4) is 6.01 Å². The predicted molar refractivity (Wildman–Crippen MR) is 82.2 cm³/mol. The van der Waals surface area contributed by atoms with Gasteiger partial charge in [0.05, 0.1) is 11.4 Å². The number of ether oxygens (including phenoxy) is 1. The molecule has 9 nitrogen and oxygen atoms in total. The van der Waals surface area contributed by atoms with Gasteiger partial charge in [-0.05, 0) is 30.9 Å². The molecule has 128 valence electrons. The van der Waals surface area contributed by atoms with Gasteiger partial charge in [0.1, 0.15) is 12.8 Å². The van der Waals surface area contributed by atoms with Crippen LogP contribution in [0.2, 0.25) is 0 Å². The molecule has 0 spiro atoms. The summed E-state index contributed by atoms with van der Waals surface area (Å²) < 4.78 is 36.5. The summed E-state index contributed by atoms with van der Waals surface area (Å²) in [6.07, 6.45) is 1.25. The average Bonchev–Trinajstić information content (AvgIpc) is 3.01. The molecule has 0 bridgehead atoms. The standard InChI is InChI=1S/C14H15N3O6S/c1-10-3-5-11(6-4-10)24(20,21)22-9-14(2)8-16-7-12(17(18)19)15-13(16)23-14/h3-7H,8-9H2,1-2H3. The minimum absolute atomic E-state index is 0.0584. The Morgan fingerprint density at radius 1 is 1.42 bits per heavy atom. The lowest BCUT2D eigenvalue weighted by Gasteiger charge is -2.21. The summed E-state index contributed by atoms with van der Waals surface area (Å²) in [6, 6.07) is 6.37. The topological polar surface area (TPSA) is 114 Å². The van der Waals surface area contributed by atoms with E-state index < -0.39 is 20.6 Å². The van der Waals surface area contributed by atoms with Gasteiger partial charge in [0.15, 0.2) is 5.60 Å². The molecule has 1 aromatic carbocycles. The van der Waals surface area contributed by atoms with Crippen LogP contribution in [0.5, 0.6) is 6.01 Å². The second-order valence-corrected chi connectivity index (χ2v) is 7.46. The molecule has 1 atom stereocenters. The van der Waals surface area contributed by atoms with Crippen LogP contribution in [0.25, 0.3) is 0 Å². The number of aromatic nitrogens is 2. The number of aryl methyl sites for hydroxylation is 1. The van der Waals surface area contributed by atoms with Gasteiger partial charge in [-0.1, -0.05) is 17.7 Å². The van der Waals surface area contributed by atoms with E-state index in [4.69, 9.17) is 8.92 Å². The first-order valence-electron chi connectivity index (χ1n) is 7.05. The van der Waals surface area contributed by atoms with Gasteiger partial charge in [-0.2, -0.15) is 8.42 Å². The Hall–Kier alpha value is -2.46. The molecule has 1 aliphatic rings. The molecule has 0 N–H and O–H groups in total. The van der Waals surface area contributed by atoms with Crippen LogP contribution in [0.4, 0.5) is 5.82 Å². The van der Waals surface area contributed by atoms with E-state index in [0.717, 1.165) is 5.56 Å². The Bertz CT molecular complexity index is 864. The summed E-state index contributed by atoms with van der Waals surface area (Å²) in [6.45, 7) is 3.47. The number of fused-ring (bicyclic) bond motifs is 1. The van der Waals surface area contributed by atoms with Crippen LogP contribution in [0, 0.1) is 17.0 Å². The summed E-state index contributed by atoms with van der Waals surface area (Å²) in [4.78, 5) is 13.8. The number of hydrogen-bond donors (Lipinski definition) is 0. The number of nitro groups is 1. The third-order valence-corrected chi connectivity index (χ3v) is 4.86. The normalized spacial score (nSPS) is 19.8. The molecule has 1 aromatic heterocycles. The van der Waals surface area contributed by atoms with Crippen LogP contribution in [-0.2, 0) is 20.8 Å². The molecule has 10 heteroatoms. The van der Waals surface area contributed by atoms with Crippen molar-refractivity contribution in [2.24, 2.45) is 0 Å². The van der Waals surface area contributed by atoms with Gasteiger partial charge >= 0.3 is 11.8 Å². The van der Waals surface area contributed by atoms with Crippen LogP contribution in [0.1, 0.15) is 12.5 Å². The summed E-state index contributed by atoms with van der Waals surface area (Å²) in [5.41, 5.74) is -0.0399. The minimum atomic E-state index is -3.91.